The molecule has 0 aliphatic heterocycles. The van der Waals surface area contributed by atoms with Gasteiger partial charge in [-0.2, -0.15) is 8.42 Å². The van der Waals surface area contributed by atoms with E-state index in [1.54, 1.807) is 0 Å². The van der Waals surface area contributed by atoms with Gasteiger partial charge < -0.3 is 12.9 Å². The molecule has 0 saturated heterocycles. The Balaban J connectivity index is 0.00000256. The summed E-state index contributed by atoms with van der Waals surface area (Å²) in [6.07, 6.45) is 0. The molecule has 0 spiro atoms. The van der Waals surface area contributed by atoms with Crippen LogP contribution in [-0.2, 0) is 10.2 Å². The van der Waals surface area contributed by atoms with Crippen LogP contribution in [0.3, 0.4) is 0 Å². The molecule has 0 bridgehead atoms. The van der Waals surface area contributed by atoms with Crippen molar-refractivity contribution < 1.29 is 72.7 Å². The van der Waals surface area contributed by atoms with Crippen LogP contribution >= 0.6 is 0 Å². The Bertz CT molecular complexity index is 463. The van der Waals surface area contributed by atoms with Crippen LogP contribution in [0, 0.1) is 0 Å². The standard InChI is InChI=1S/C7H9BF3N2O2S.K/c1-12-16(14,15)13-7-4-2-6(3-5-7)8(9,10)11;/h2-5,12-13H,1H3;/q-1;+1. The van der Waals surface area contributed by atoms with Crippen molar-refractivity contribution in [3.63, 3.8) is 0 Å². The molecule has 0 aromatic heterocycles. The third-order valence-electron chi connectivity index (χ3n) is 1.81. The van der Waals surface area contributed by atoms with Gasteiger partial charge in [-0.25, -0.2) is 4.72 Å². The summed E-state index contributed by atoms with van der Waals surface area (Å²) in [5.74, 6) is 0. The first-order valence-corrected chi connectivity index (χ1v) is 5.74. The Labute approximate surface area is 140 Å². The number of nitrogens with one attached hydrogen (secondary N) is 2. The summed E-state index contributed by atoms with van der Waals surface area (Å²) in [6, 6.07) is 3.76. The predicted molar refractivity (Wildman–Crippen MR) is 56.8 cm³/mol. The molecule has 1 aromatic rings. The third kappa shape index (κ3) is 5.73. The van der Waals surface area contributed by atoms with Crippen molar-refractivity contribution in [2.24, 2.45) is 0 Å². The van der Waals surface area contributed by atoms with Crippen LogP contribution < -0.4 is 66.3 Å². The summed E-state index contributed by atoms with van der Waals surface area (Å²) in [4.78, 5) is 0. The fourth-order valence-corrected chi connectivity index (χ4v) is 1.52. The van der Waals surface area contributed by atoms with Crippen molar-refractivity contribution in [3.8, 4) is 0 Å². The molecule has 0 aliphatic carbocycles. The van der Waals surface area contributed by atoms with Gasteiger partial charge in [-0.1, -0.05) is 12.1 Å². The van der Waals surface area contributed by atoms with E-state index in [0.29, 0.717) is 0 Å². The summed E-state index contributed by atoms with van der Waals surface area (Å²) < 4.78 is 62.8. The van der Waals surface area contributed by atoms with Crippen molar-refractivity contribution in [1.29, 1.82) is 0 Å². The Morgan fingerprint density at radius 1 is 1.12 bits per heavy atom. The molecule has 0 radical (unpaired) electrons. The maximum atomic E-state index is 12.2. The van der Waals surface area contributed by atoms with Crippen LogP contribution in [0.15, 0.2) is 24.3 Å². The van der Waals surface area contributed by atoms with E-state index >= 15 is 0 Å². The van der Waals surface area contributed by atoms with Gasteiger partial charge in [0, 0.05) is 12.7 Å². The monoisotopic (exact) mass is 292 g/mol. The zero-order chi connectivity index (χ0) is 12.4. The fraction of sp³-hybridized carbons (Fsp3) is 0.143. The van der Waals surface area contributed by atoms with E-state index in [4.69, 9.17) is 0 Å². The van der Waals surface area contributed by atoms with E-state index in [1.165, 1.54) is 7.05 Å². The number of benzene rings is 1. The molecular formula is C7H9BF3KN2O2S. The fourth-order valence-electron chi connectivity index (χ4n) is 0.976. The number of hydrogen-bond acceptors (Lipinski definition) is 2. The molecule has 0 unspecified atom stereocenters. The van der Waals surface area contributed by atoms with E-state index in [2.05, 4.69) is 0 Å². The Hall–Kier alpha value is 0.421. The van der Waals surface area contributed by atoms with E-state index in [9.17, 15) is 21.4 Å². The van der Waals surface area contributed by atoms with E-state index < -0.39 is 22.6 Å². The minimum Gasteiger partial charge on any atom is -0.445 e. The molecule has 2 N–H and O–H groups in total. The maximum Gasteiger partial charge on any atom is 1.00 e. The normalized spacial score (nSPS) is 11.8. The van der Waals surface area contributed by atoms with Gasteiger partial charge in [0.1, 0.15) is 0 Å². The van der Waals surface area contributed by atoms with Crippen molar-refractivity contribution in [2.45, 2.75) is 0 Å². The minimum absolute atomic E-state index is 0. The summed E-state index contributed by atoms with van der Waals surface area (Å²) >= 11 is 0. The van der Waals surface area contributed by atoms with Crippen LogP contribution in [0.4, 0.5) is 18.6 Å². The van der Waals surface area contributed by atoms with Crippen LogP contribution in [0.25, 0.3) is 0 Å². The predicted octanol–water partition coefficient (Wildman–Crippen LogP) is -2.38. The van der Waals surface area contributed by atoms with Gasteiger partial charge in [0.25, 0.3) is 10.2 Å². The topological polar surface area (TPSA) is 58.2 Å². The molecule has 0 heterocycles. The van der Waals surface area contributed by atoms with Gasteiger partial charge in [-0.05, 0) is 12.1 Å². The van der Waals surface area contributed by atoms with Gasteiger partial charge in [-0.15, -0.1) is 5.46 Å². The molecule has 0 atom stereocenters. The number of hydrogen-bond donors (Lipinski definition) is 2. The van der Waals surface area contributed by atoms with Crippen molar-refractivity contribution in [2.75, 3.05) is 11.8 Å². The van der Waals surface area contributed by atoms with Crippen LogP contribution in [-0.4, -0.2) is 22.4 Å². The molecule has 10 heteroatoms. The largest absolute Gasteiger partial charge is 1.00 e. The second-order valence-electron chi connectivity index (χ2n) is 3.01. The molecule has 0 amide bonds. The molecule has 17 heavy (non-hydrogen) atoms. The van der Waals surface area contributed by atoms with E-state index in [0.717, 1.165) is 24.3 Å². The molecule has 0 fully saturated rings. The van der Waals surface area contributed by atoms with Crippen LogP contribution in [0.5, 0.6) is 0 Å². The first-order valence-electron chi connectivity index (χ1n) is 4.26. The summed E-state index contributed by atoms with van der Waals surface area (Å²) in [5.41, 5.74) is -0.703. The zero-order valence-electron chi connectivity index (χ0n) is 9.25. The van der Waals surface area contributed by atoms with E-state index in [1.807, 2.05) is 9.44 Å². The molecule has 1 aromatic carbocycles. The second kappa shape index (κ2) is 6.55. The van der Waals surface area contributed by atoms with Gasteiger partial charge in [0.05, 0.1) is 0 Å². The Morgan fingerprint density at radius 2 is 1.59 bits per heavy atom. The van der Waals surface area contributed by atoms with Gasteiger partial charge in [0.2, 0.25) is 0 Å². The first-order chi connectivity index (χ1) is 7.24. The van der Waals surface area contributed by atoms with Gasteiger partial charge in [-0.3, -0.25) is 4.72 Å². The minimum atomic E-state index is -5.05. The van der Waals surface area contributed by atoms with Crippen molar-refractivity contribution >= 4 is 28.3 Å². The summed E-state index contributed by atoms with van der Waals surface area (Å²) in [5, 5.41) is 0. The van der Waals surface area contributed by atoms with Crippen molar-refractivity contribution in [1.82, 2.24) is 4.72 Å². The number of rotatable bonds is 4. The average Bonchev–Trinajstić information content (AvgIpc) is 2.16. The molecule has 90 valence electrons. The number of anilines is 1. The third-order valence-corrected chi connectivity index (χ3v) is 2.85. The summed E-state index contributed by atoms with van der Waals surface area (Å²) in [6.45, 7) is -5.05. The van der Waals surface area contributed by atoms with Gasteiger partial charge >= 0.3 is 58.4 Å². The average molecular weight is 292 g/mol. The Kier molecular flexibility index (Phi) is 6.71. The smallest absolute Gasteiger partial charge is 0.445 e. The molecule has 0 saturated carbocycles. The van der Waals surface area contributed by atoms with Crippen LogP contribution in [0.1, 0.15) is 0 Å². The second-order valence-corrected chi connectivity index (χ2v) is 4.63. The Morgan fingerprint density at radius 3 is 1.94 bits per heavy atom. The first kappa shape index (κ1) is 17.4. The molecule has 4 nitrogen and oxygen atoms in total. The molecule has 0 aliphatic rings. The zero-order valence-corrected chi connectivity index (χ0v) is 13.2. The van der Waals surface area contributed by atoms with E-state index in [-0.39, 0.29) is 57.1 Å². The van der Waals surface area contributed by atoms with Crippen molar-refractivity contribution in [3.05, 3.63) is 24.3 Å². The van der Waals surface area contributed by atoms with Gasteiger partial charge in [0.15, 0.2) is 0 Å². The number of halogens is 3. The molecular weight excluding hydrogens is 283 g/mol. The maximum absolute atomic E-state index is 12.2. The molecule has 1 rings (SSSR count). The van der Waals surface area contributed by atoms with Crippen LogP contribution in [0.2, 0.25) is 0 Å². The quantitative estimate of drug-likeness (QED) is 0.609. The SMILES string of the molecule is CNS(=O)(=O)Nc1ccc([B-](F)(F)F)cc1.[K+]. The summed E-state index contributed by atoms with van der Waals surface area (Å²) in [7, 11) is -2.51.